The quantitative estimate of drug-likeness (QED) is 0.457. The van der Waals surface area contributed by atoms with Crippen LogP contribution in [0.1, 0.15) is 19.8 Å². The summed E-state index contributed by atoms with van der Waals surface area (Å²) in [7, 11) is 0. The van der Waals surface area contributed by atoms with Gasteiger partial charge in [-0.25, -0.2) is 0 Å². The minimum atomic E-state index is -0.547. The van der Waals surface area contributed by atoms with Crippen molar-refractivity contribution in [1.29, 1.82) is 0 Å². The molecule has 0 fully saturated rings. The van der Waals surface area contributed by atoms with Crippen molar-refractivity contribution in [2.45, 2.75) is 25.8 Å². The molecule has 0 saturated carbocycles. The van der Waals surface area contributed by atoms with Crippen LogP contribution in [0.25, 0.3) is 0 Å². The van der Waals surface area contributed by atoms with Crippen LogP contribution in [0.2, 0.25) is 0 Å². The molecule has 0 bridgehead atoms. The van der Waals surface area contributed by atoms with E-state index in [1.165, 1.54) is 0 Å². The maximum absolute atomic E-state index is 11.1. The molecule has 14 heavy (non-hydrogen) atoms. The average molecular weight is 205 g/mol. The van der Waals surface area contributed by atoms with E-state index in [0.717, 1.165) is 0 Å². The molecule has 0 radical (unpaired) electrons. The molecule has 0 saturated heterocycles. The lowest BCUT2D eigenvalue weighted by atomic mass is 10.2. The monoisotopic (exact) mass is 205 g/mol. The first kappa shape index (κ1) is 13.4. The second-order valence-corrected chi connectivity index (χ2v) is 2.93. The first-order valence-electron chi connectivity index (χ1n) is 4.83. The molecule has 0 aromatic carbocycles. The van der Waals surface area contributed by atoms with Gasteiger partial charge in [-0.15, -0.1) is 0 Å². The molecule has 0 aliphatic heterocycles. The fraction of sp³-hybridized carbons (Fsp3) is 0.889. The fourth-order valence-electron chi connectivity index (χ4n) is 0.928. The predicted octanol–water partition coefficient (Wildman–Crippen LogP) is -0.727. The van der Waals surface area contributed by atoms with Crippen molar-refractivity contribution in [3.8, 4) is 0 Å². The Morgan fingerprint density at radius 3 is 2.57 bits per heavy atom. The maximum Gasteiger partial charge on any atom is 0.220 e. The third-order valence-corrected chi connectivity index (χ3v) is 1.70. The SMILES string of the molecule is CCOCCCC(=O)NC(CO)CO. The molecular weight excluding hydrogens is 186 g/mol. The highest BCUT2D eigenvalue weighted by Gasteiger charge is 2.08. The molecule has 0 spiro atoms. The lowest BCUT2D eigenvalue weighted by Gasteiger charge is -2.12. The Bertz CT molecular complexity index is 148. The van der Waals surface area contributed by atoms with Crippen molar-refractivity contribution in [3.63, 3.8) is 0 Å². The molecular formula is C9H19NO4. The van der Waals surface area contributed by atoms with Crippen LogP contribution in [0.15, 0.2) is 0 Å². The van der Waals surface area contributed by atoms with E-state index in [1.54, 1.807) is 0 Å². The summed E-state index contributed by atoms with van der Waals surface area (Å²) >= 11 is 0. The predicted molar refractivity (Wildman–Crippen MR) is 51.8 cm³/mol. The Morgan fingerprint density at radius 1 is 1.43 bits per heavy atom. The molecule has 0 atom stereocenters. The molecule has 84 valence electrons. The lowest BCUT2D eigenvalue weighted by molar-refractivity contribution is -0.122. The summed E-state index contributed by atoms with van der Waals surface area (Å²) in [6, 6.07) is -0.547. The second-order valence-electron chi connectivity index (χ2n) is 2.93. The fourth-order valence-corrected chi connectivity index (χ4v) is 0.928. The topological polar surface area (TPSA) is 78.8 Å². The van der Waals surface area contributed by atoms with Crippen LogP contribution in [-0.4, -0.2) is 48.6 Å². The number of carbonyl (C=O) groups is 1. The van der Waals surface area contributed by atoms with E-state index in [4.69, 9.17) is 14.9 Å². The molecule has 0 unspecified atom stereocenters. The van der Waals surface area contributed by atoms with E-state index >= 15 is 0 Å². The van der Waals surface area contributed by atoms with E-state index in [1.807, 2.05) is 6.92 Å². The van der Waals surface area contributed by atoms with Gasteiger partial charge in [-0.3, -0.25) is 4.79 Å². The Kier molecular flexibility index (Phi) is 8.51. The number of carbonyl (C=O) groups excluding carboxylic acids is 1. The highest BCUT2D eigenvalue weighted by molar-refractivity contribution is 5.76. The van der Waals surface area contributed by atoms with Gasteiger partial charge >= 0.3 is 0 Å². The average Bonchev–Trinajstić information content (AvgIpc) is 2.21. The van der Waals surface area contributed by atoms with Crippen LogP contribution in [0, 0.1) is 0 Å². The summed E-state index contributed by atoms with van der Waals surface area (Å²) in [6.45, 7) is 2.62. The molecule has 0 aromatic heterocycles. The van der Waals surface area contributed by atoms with Gasteiger partial charge in [0.25, 0.3) is 0 Å². The van der Waals surface area contributed by atoms with Gasteiger partial charge in [0, 0.05) is 19.6 Å². The third kappa shape index (κ3) is 6.82. The zero-order valence-corrected chi connectivity index (χ0v) is 8.53. The Labute approximate surface area is 84.1 Å². The van der Waals surface area contributed by atoms with Crippen LogP contribution in [0.5, 0.6) is 0 Å². The Balaban J connectivity index is 3.44. The van der Waals surface area contributed by atoms with E-state index in [9.17, 15) is 4.79 Å². The Morgan fingerprint density at radius 2 is 2.07 bits per heavy atom. The highest BCUT2D eigenvalue weighted by atomic mass is 16.5. The summed E-state index contributed by atoms with van der Waals surface area (Å²) < 4.78 is 5.06. The molecule has 0 aromatic rings. The smallest absolute Gasteiger partial charge is 0.220 e. The summed E-state index contributed by atoms with van der Waals surface area (Å²) in [5.41, 5.74) is 0. The van der Waals surface area contributed by atoms with Crippen LogP contribution < -0.4 is 5.32 Å². The first-order valence-corrected chi connectivity index (χ1v) is 4.83. The molecule has 0 aliphatic rings. The maximum atomic E-state index is 11.1. The zero-order valence-electron chi connectivity index (χ0n) is 8.53. The number of ether oxygens (including phenoxy) is 1. The summed E-state index contributed by atoms with van der Waals surface area (Å²) in [4.78, 5) is 11.1. The molecule has 5 heteroatoms. The number of rotatable bonds is 8. The van der Waals surface area contributed by atoms with Gasteiger partial charge in [-0.1, -0.05) is 0 Å². The van der Waals surface area contributed by atoms with Crippen molar-refractivity contribution in [1.82, 2.24) is 5.32 Å². The van der Waals surface area contributed by atoms with Gasteiger partial charge in [-0.2, -0.15) is 0 Å². The van der Waals surface area contributed by atoms with Gasteiger partial charge in [0.15, 0.2) is 0 Å². The van der Waals surface area contributed by atoms with Crippen molar-refractivity contribution in [3.05, 3.63) is 0 Å². The lowest BCUT2D eigenvalue weighted by Crippen LogP contribution is -2.40. The van der Waals surface area contributed by atoms with Gasteiger partial charge in [0.05, 0.1) is 19.3 Å². The van der Waals surface area contributed by atoms with Crippen molar-refractivity contribution in [2.75, 3.05) is 26.4 Å². The Hall–Kier alpha value is -0.650. The van der Waals surface area contributed by atoms with Gasteiger partial charge in [-0.05, 0) is 13.3 Å². The van der Waals surface area contributed by atoms with Gasteiger partial charge in [0.2, 0.25) is 5.91 Å². The second kappa shape index (κ2) is 8.93. The number of aliphatic hydroxyl groups is 2. The number of amides is 1. The number of aliphatic hydroxyl groups excluding tert-OH is 2. The number of hydrogen-bond donors (Lipinski definition) is 3. The van der Waals surface area contributed by atoms with Crippen molar-refractivity contribution in [2.24, 2.45) is 0 Å². The molecule has 0 heterocycles. The van der Waals surface area contributed by atoms with Gasteiger partial charge < -0.3 is 20.3 Å². The minimum absolute atomic E-state index is 0.169. The first-order chi connectivity index (χ1) is 6.74. The normalized spacial score (nSPS) is 10.6. The van der Waals surface area contributed by atoms with Crippen LogP contribution >= 0.6 is 0 Å². The molecule has 0 rings (SSSR count). The van der Waals surface area contributed by atoms with Crippen LogP contribution in [-0.2, 0) is 9.53 Å². The van der Waals surface area contributed by atoms with E-state index < -0.39 is 6.04 Å². The van der Waals surface area contributed by atoms with Crippen LogP contribution in [0.4, 0.5) is 0 Å². The van der Waals surface area contributed by atoms with Crippen molar-refractivity contribution >= 4 is 5.91 Å². The van der Waals surface area contributed by atoms with E-state index in [-0.39, 0.29) is 19.1 Å². The summed E-state index contributed by atoms with van der Waals surface area (Å²) in [6.07, 6.45) is 1.01. The molecule has 3 N–H and O–H groups in total. The van der Waals surface area contributed by atoms with Gasteiger partial charge in [0.1, 0.15) is 0 Å². The number of nitrogens with one attached hydrogen (secondary N) is 1. The number of hydrogen-bond acceptors (Lipinski definition) is 4. The van der Waals surface area contributed by atoms with Crippen molar-refractivity contribution < 1.29 is 19.7 Å². The van der Waals surface area contributed by atoms with E-state index in [2.05, 4.69) is 5.32 Å². The third-order valence-electron chi connectivity index (χ3n) is 1.70. The summed E-state index contributed by atoms with van der Waals surface area (Å²) in [5.74, 6) is -0.169. The summed E-state index contributed by atoms with van der Waals surface area (Å²) in [5, 5.41) is 19.9. The largest absolute Gasteiger partial charge is 0.394 e. The molecule has 1 amide bonds. The van der Waals surface area contributed by atoms with E-state index in [0.29, 0.717) is 26.1 Å². The standard InChI is InChI=1S/C9H19NO4/c1-2-14-5-3-4-9(13)10-8(6-11)7-12/h8,11-12H,2-7H2,1H3,(H,10,13). The zero-order chi connectivity index (χ0) is 10.8. The molecule has 0 aliphatic carbocycles. The molecule has 5 nitrogen and oxygen atoms in total. The highest BCUT2D eigenvalue weighted by Crippen LogP contribution is 1.91. The van der Waals surface area contributed by atoms with Crippen LogP contribution in [0.3, 0.4) is 0 Å². The minimum Gasteiger partial charge on any atom is -0.394 e.